The number of nitrogens with two attached hydrogens (primary N) is 1. The van der Waals surface area contributed by atoms with Gasteiger partial charge in [-0.25, -0.2) is 4.68 Å². The van der Waals surface area contributed by atoms with Gasteiger partial charge in [-0.2, -0.15) is 0 Å². The van der Waals surface area contributed by atoms with E-state index in [9.17, 15) is 4.53 Å². The zero-order valence-electron chi connectivity index (χ0n) is 11.3. The number of nitrogens with zero attached hydrogens (tertiary/aromatic N) is 2. The maximum Gasteiger partial charge on any atom is 0.279 e. The Morgan fingerprint density at radius 3 is 2.39 bits per heavy atom. The molecule has 0 aromatic carbocycles. The average Bonchev–Trinajstić information content (AvgIpc) is 2.40. The van der Waals surface area contributed by atoms with E-state index in [1.807, 2.05) is 20.8 Å². The van der Waals surface area contributed by atoms with Crippen molar-refractivity contribution in [1.82, 2.24) is 9.78 Å². The quantitative estimate of drug-likeness (QED) is 0.853. The third-order valence-electron chi connectivity index (χ3n) is 2.41. The summed E-state index contributed by atoms with van der Waals surface area (Å²) < 4.78 is 12.9. The lowest BCUT2D eigenvalue weighted by molar-refractivity contribution is -0.0142. The molecule has 0 amide bonds. The fraction of sp³-hybridized carbons (Fsp3) is 0.667. The van der Waals surface area contributed by atoms with Crippen LogP contribution in [0.1, 0.15) is 40.0 Å². The summed E-state index contributed by atoms with van der Waals surface area (Å²) in [7, 11) is 0. The summed E-state index contributed by atoms with van der Waals surface area (Å²) >= 11 is 0. The van der Waals surface area contributed by atoms with Crippen molar-refractivity contribution < 1.29 is 9.47 Å². The molecule has 0 radical (unpaired) electrons. The Morgan fingerprint density at radius 1 is 1.50 bits per heavy atom. The first-order valence-corrected chi connectivity index (χ1v) is 6.34. The first-order chi connectivity index (χ1) is 8.67. The molecule has 2 rings (SSSR count). The van der Waals surface area contributed by atoms with E-state index in [0.29, 0.717) is 12.6 Å². The van der Waals surface area contributed by atoms with Gasteiger partial charge in [-0.3, -0.25) is 10.4 Å². The van der Waals surface area contributed by atoms with Crippen LogP contribution in [-0.4, -0.2) is 15.8 Å². The van der Waals surface area contributed by atoms with E-state index in [1.54, 1.807) is 0 Å². The van der Waals surface area contributed by atoms with E-state index in [4.69, 9.17) is 11.1 Å². The predicted molar refractivity (Wildman–Crippen MR) is 68.7 cm³/mol. The fourth-order valence-electron chi connectivity index (χ4n) is 1.16. The molecule has 1 saturated carbocycles. The Labute approximate surface area is 107 Å². The minimum absolute atomic E-state index is 0.122. The van der Waals surface area contributed by atoms with Crippen LogP contribution in [0.3, 0.4) is 0 Å². The van der Waals surface area contributed by atoms with Gasteiger partial charge in [0, 0.05) is 23.2 Å². The lowest BCUT2D eigenvalue weighted by Gasteiger charge is -2.18. The molecule has 1 aromatic heterocycles. The smallest absolute Gasteiger partial charge is 0.279 e. The second-order valence-electron chi connectivity index (χ2n) is 3.64. The van der Waals surface area contributed by atoms with Crippen molar-refractivity contribution >= 4 is 0 Å². The molecule has 1 aliphatic carbocycles. The summed E-state index contributed by atoms with van der Waals surface area (Å²) in [6, 6.07) is 3.29. The second kappa shape index (κ2) is 9.58. The highest BCUT2D eigenvalue weighted by atomic mass is 19.3. The largest absolute Gasteiger partial charge is 0.328 e. The van der Waals surface area contributed by atoms with Crippen LogP contribution >= 0.6 is 0 Å². The van der Waals surface area contributed by atoms with Crippen molar-refractivity contribution in [3.8, 4) is 5.88 Å². The van der Waals surface area contributed by atoms with Gasteiger partial charge in [0.1, 0.15) is 5.49 Å². The minimum atomic E-state index is -0.122. The lowest BCUT2D eigenvalue weighted by atomic mass is 9.95. The molecule has 0 bridgehead atoms. The molecule has 1 fully saturated rings. The predicted octanol–water partition coefficient (Wildman–Crippen LogP) is 2.17. The van der Waals surface area contributed by atoms with Gasteiger partial charge in [0.15, 0.2) is 0 Å². The first kappa shape index (κ1) is 16.6. The van der Waals surface area contributed by atoms with Crippen LogP contribution < -0.4 is 16.2 Å². The van der Waals surface area contributed by atoms with E-state index in [-0.39, 0.29) is 11.4 Å². The molecule has 18 heavy (non-hydrogen) atoms. The van der Waals surface area contributed by atoms with Crippen LogP contribution in [0.4, 0.5) is 4.53 Å². The van der Waals surface area contributed by atoms with E-state index in [2.05, 4.69) is 10.0 Å². The monoisotopic (exact) mass is 258 g/mol. The molecule has 0 spiro atoms. The van der Waals surface area contributed by atoms with Crippen molar-refractivity contribution in [2.24, 2.45) is 5.73 Å². The average molecular weight is 258 g/mol. The van der Waals surface area contributed by atoms with Gasteiger partial charge in [-0.1, -0.05) is 20.3 Å². The van der Waals surface area contributed by atoms with Crippen LogP contribution in [0, 0.1) is 5.41 Å². The van der Waals surface area contributed by atoms with Crippen molar-refractivity contribution in [2.75, 3.05) is 0 Å². The van der Waals surface area contributed by atoms with Gasteiger partial charge in [-0.05, 0) is 25.8 Å². The summed E-state index contributed by atoms with van der Waals surface area (Å²) in [5, 5.41) is 10.9. The van der Waals surface area contributed by atoms with Gasteiger partial charge in [-0.15, -0.1) is 5.10 Å². The first-order valence-electron chi connectivity index (χ1n) is 6.34. The molecule has 104 valence electrons. The SMILES string of the molecule is CC.CCn1nc(OF)ccc1=N.NC1CCC1. The molecule has 5 nitrogen and oxygen atoms in total. The third kappa shape index (κ3) is 5.77. The van der Waals surface area contributed by atoms with Gasteiger partial charge in [0.25, 0.3) is 5.88 Å². The van der Waals surface area contributed by atoms with Crippen molar-refractivity contribution in [3.05, 3.63) is 17.6 Å². The highest BCUT2D eigenvalue weighted by Crippen LogP contribution is 2.14. The maximum atomic E-state index is 11.5. The Bertz CT molecular complexity index is 377. The van der Waals surface area contributed by atoms with Gasteiger partial charge in [0.05, 0.1) is 0 Å². The maximum absolute atomic E-state index is 11.5. The molecule has 6 heteroatoms. The summed E-state index contributed by atoms with van der Waals surface area (Å²) in [6.07, 6.45) is 3.89. The summed E-state index contributed by atoms with van der Waals surface area (Å²) in [5.41, 5.74) is 5.61. The molecular formula is C12H23FN4O. The summed E-state index contributed by atoms with van der Waals surface area (Å²) in [5.74, 6) is -0.122. The summed E-state index contributed by atoms with van der Waals surface area (Å²) in [4.78, 5) is 3.40. The van der Waals surface area contributed by atoms with Crippen LogP contribution in [-0.2, 0) is 6.54 Å². The molecule has 3 N–H and O–H groups in total. The summed E-state index contributed by atoms with van der Waals surface area (Å²) in [6.45, 7) is 6.34. The van der Waals surface area contributed by atoms with E-state index >= 15 is 0 Å². The van der Waals surface area contributed by atoms with Gasteiger partial charge in [0.2, 0.25) is 0 Å². The Morgan fingerprint density at radius 2 is 2.06 bits per heavy atom. The molecule has 0 atom stereocenters. The molecule has 1 aliphatic rings. The number of hydrogen-bond donors (Lipinski definition) is 2. The topological polar surface area (TPSA) is 76.9 Å². The second-order valence-corrected chi connectivity index (χ2v) is 3.64. The van der Waals surface area contributed by atoms with Gasteiger partial charge < -0.3 is 5.73 Å². The van der Waals surface area contributed by atoms with Crippen molar-refractivity contribution in [2.45, 2.75) is 52.6 Å². The van der Waals surface area contributed by atoms with E-state index in [1.165, 1.54) is 36.1 Å². The number of nitrogens with one attached hydrogen (secondary N) is 1. The van der Waals surface area contributed by atoms with E-state index < -0.39 is 0 Å². The van der Waals surface area contributed by atoms with Crippen LogP contribution in [0.5, 0.6) is 5.88 Å². The van der Waals surface area contributed by atoms with Crippen LogP contribution in [0.25, 0.3) is 0 Å². The standard InChI is InChI=1S/C6H8FN3O.C4H9N.C2H6/c1-2-10-5(8)3-4-6(9-10)11-7;5-4-2-1-3-4;1-2/h3-4,8H,2H2,1H3;4H,1-3,5H2;1-2H3. The molecule has 0 unspecified atom stereocenters. The van der Waals surface area contributed by atoms with Crippen molar-refractivity contribution in [1.29, 1.82) is 5.41 Å². The minimum Gasteiger partial charge on any atom is -0.328 e. The van der Waals surface area contributed by atoms with Crippen LogP contribution in [0.2, 0.25) is 0 Å². The number of halogens is 1. The zero-order valence-corrected chi connectivity index (χ0v) is 11.3. The fourth-order valence-corrected chi connectivity index (χ4v) is 1.16. The van der Waals surface area contributed by atoms with Gasteiger partial charge >= 0.3 is 0 Å². The van der Waals surface area contributed by atoms with E-state index in [0.717, 1.165) is 0 Å². The third-order valence-corrected chi connectivity index (χ3v) is 2.41. The van der Waals surface area contributed by atoms with Crippen molar-refractivity contribution in [3.63, 3.8) is 0 Å². The highest BCUT2D eigenvalue weighted by molar-refractivity contribution is 5.04. The molecule has 1 heterocycles. The normalized spacial score (nSPS) is 13.4. The molecule has 0 saturated heterocycles. The Hall–Kier alpha value is -1.43. The molecular weight excluding hydrogens is 235 g/mol. The molecule has 0 aliphatic heterocycles. The number of rotatable bonds is 2. The Kier molecular flexibility index (Phi) is 8.82. The number of hydrogen-bond acceptors (Lipinski definition) is 4. The molecule has 1 aromatic rings. The lowest BCUT2D eigenvalue weighted by Crippen LogP contribution is -2.27. The number of aryl methyl sites for hydroxylation is 1. The Balaban J connectivity index is 0.000000343. The van der Waals surface area contributed by atoms with Crippen LogP contribution in [0.15, 0.2) is 12.1 Å². The highest BCUT2D eigenvalue weighted by Gasteiger charge is 2.09. The number of aromatic nitrogens is 2. The zero-order chi connectivity index (χ0) is 14.0.